The SMILES string of the molecule is Cc1ncnc2c1c(I)nn2[C@@H]1O[C@H](COC(=O)c2ccccc2)[C@@H](OC(=O)c2ccccc2)[C@H]1OC(=O)c1ccccc1. The van der Waals surface area contributed by atoms with Crippen LogP contribution in [0.5, 0.6) is 0 Å². The first-order valence-corrected chi connectivity index (χ1v) is 14.7. The lowest BCUT2D eigenvalue weighted by Crippen LogP contribution is -2.41. The topological polar surface area (TPSA) is 132 Å². The highest BCUT2D eigenvalue weighted by Crippen LogP contribution is 2.37. The number of aryl methyl sites for hydroxylation is 1. The van der Waals surface area contributed by atoms with Gasteiger partial charge in [-0.25, -0.2) is 29.0 Å². The fourth-order valence-corrected chi connectivity index (χ4v) is 5.76. The molecule has 0 amide bonds. The minimum absolute atomic E-state index is 0.284. The maximum atomic E-state index is 13.4. The Kier molecular flexibility index (Phi) is 8.61. The van der Waals surface area contributed by atoms with Crippen LogP contribution in [0.1, 0.15) is 43.0 Å². The Morgan fingerprint density at radius 1 is 0.773 bits per heavy atom. The van der Waals surface area contributed by atoms with Crippen LogP contribution in [0.2, 0.25) is 0 Å². The lowest BCUT2D eigenvalue weighted by Gasteiger charge is -2.24. The molecule has 12 heteroatoms. The molecule has 0 bridgehead atoms. The van der Waals surface area contributed by atoms with Gasteiger partial charge in [0.25, 0.3) is 0 Å². The second-order valence-electron chi connectivity index (χ2n) is 9.89. The van der Waals surface area contributed by atoms with Gasteiger partial charge in [0.2, 0.25) is 0 Å². The van der Waals surface area contributed by atoms with Crippen molar-refractivity contribution in [3.8, 4) is 0 Å². The summed E-state index contributed by atoms with van der Waals surface area (Å²) in [5.41, 5.74) is 2.04. The first-order valence-electron chi connectivity index (χ1n) is 13.7. The van der Waals surface area contributed by atoms with Crippen LogP contribution in [-0.2, 0) is 18.9 Å². The summed E-state index contributed by atoms with van der Waals surface area (Å²) in [6.07, 6.45) is -3.13. The molecule has 0 unspecified atom stereocenters. The third-order valence-corrected chi connectivity index (χ3v) is 7.81. The van der Waals surface area contributed by atoms with E-state index in [0.717, 1.165) is 0 Å². The van der Waals surface area contributed by atoms with Crippen molar-refractivity contribution in [3.05, 3.63) is 123 Å². The number of rotatable bonds is 8. The number of nitrogens with zero attached hydrogens (tertiary/aromatic N) is 4. The molecule has 1 fully saturated rings. The summed E-state index contributed by atoms with van der Waals surface area (Å²) in [7, 11) is 0. The van der Waals surface area contributed by atoms with Crippen molar-refractivity contribution in [2.75, 3.05) is 6.61 Å². The van der Waals surface area contributed by atoms with E-state index in [-0.39, 0.29) is 17.7 Å². The van der Waals surface area contributed by atoms with Gasteiger partial charge in [0.05, 0.1) is 27.8 Å². The smallest absolute Gasteiger partial charge is 0.338 e. The van der Waals surface area contributed by atoms with E-state index in [1.807, 2.05) is 6.92 Å². The van der Waals surface area contributed by atoms with Crippen molar-refractivity contribution in [1.82, 2.24) is 19.7 Å². The normalized spacial score (nSPS) is 19.4. The van der Waals surface area contributed by atoms with Crippen LogP contribution < -0.4 is 0 Å². The zero-order valence-electron chi connectivity index (χ0n) is 23.3. The molecule has 1 saturated heterocycles. The van der Waals surface area contributed by atoms with Crippen molar-refractivity contribution in [3.63, 3.8) is 0 Å². The maximum Gasteiger partial charge on any atom is 0.338 e. The molecule has 2 aromatic heterocycles. The first kappa shape index (κ1) is 29.4. The molecule has 0 radical (unpaired) electrons. The number of halogens is 1. The summed E-state index contributed by atoms with van der Waals surface area (Å²) in [6.45, 7) is 1.53. The molecular weight excluding hydrogens is 679 g/mol. The highest BCUT2D eigenvalue weighted by molar-refractivity contribution is 14.1. The molecule has 5 aromatic rings. The average Bonchev–Trinajstić information content (AvgIpc) is 3.57. The van der Waals surface area contributed by atoms with E-state index in [1.165, 1.54) is 11.0 Å². The van der Waals surface area contributed by atoms with Crippen LogP contribution in [0.3, 0.4) is 0 Å². The maximum absolute atomic E-state index is 13.4. The van der Waals surface area contributed by atoms with E-state index in [0.29, 0.717) is 26.0 Å². The van der Waals surface area contributed by atoms with Gasteiger partial charge in [-0.05, 0) is 65.9 Å². The predicted molar refractivity (Wildman–Crippen MR) is 165 cm³/mol. The van der Waals surface area contributed by atoms with E-state index >= 15 is 0 Å². The van der Waals surface area contributed by atoms with Crippen LogP contribution in [0, 0.1) is 10.6 Å². The lowest BCUT2D eigenvalue weighted by atomic mass is 10.1. The predicted octanol–water partition coefficient (Wildman–Crippen LogP) is 4.94. The van der Waals surface area contributed by atoms with Crippen molar-refractivity contribution in [1.29, 1.82) is 0 Å². The summed E-state index contributed by atoms with van der Waals surface area (Å²) in [4.78, 5) is 48.3. The lowest BCUT2D eigenvalue weighted by molar-refractivity contribution is -0.0655. The molecule has 1 aliphatic rings. The molecular formula is C32H25IN4O7. The van der Waals surface area contributed by atoms with Gasteiger partial charge in [0.1, 0.15) is 22.7 Å². The molecule has 6 rings (SSSR count). The quantitative estimate of drug-likeness (QED) is 0.124. The molecule has 44 heavy (non-hydrogen) atoms. The third-order valence-electron chi connectivity index (χ3n) is 7.06. The minimum Gasteiger partial charge on any atom is -0.459 e. The van der Waals surface area contributed by atoms with Gasteiger partial charge in [-0.2, -0.15) is 5.10 Å². The van der Waals surface area contributed by atoms with Crippen molar-refractivity contribution in [2.24, 2.45) is 0 Å². The van der Waals surface area contributed by atoms with Gasteiger partial charge in [0.15, 0.2) is 24.1 Å². The van der Waals surface area contributed by atoms with Crippen LogP contribution in [0.15, 0.2) is 97.3 Å². The van der Waals surface area contributed by atoms with Crippen LogP contribution in [-0.4, -0.2) is 62.6 Å². The van der Waals surface area contributed by atoms with Crippen LogP contribution >= 0.6 is 22.6 Å². The Balaban J connectivity index is 1.39. The summed E-state index contributed by atoms with van der Waals surface area (Å²) in [5, 5.41) is 5.34. The van der Waals surface area contributed by atoms with Gasteiger partial charge in [-0.1, -0.05) is 54.6 Å². The molecule has 1 aliphatic heterocycles. The minimum atomic E-state index is -1.20. The molecule has 0 N–H and O–H groups in total. The molecule has 0 spiro atoms. The van der Waals surface area contributed by atoms with Crippen molar-refractivity contribution >= 4 is 51.5 Å². The Labute approximate surface area is 265 Å². The first-order chi connectivity index (χ1) is 21.4. The van der Waals surface area contributed by atoms with Crippen LogP contribution in [0.4, 0.5) is 0 Å². The number of aromatic nitrogens is 4. The summed E-state index contributed by atoms with van der Waals surface area (Å²) in [6, 6.07) is 25.3. The van der Waals surface area contributed by atoms with Crippen LogP contribution in [0.25, 0.3) is 11.0 Å². The summed E-state index contributed by atoms with van der Waals surface area (Å²) < 4.78 is 26.1. The van der Waals surface area contributed by atoms with E-state index in [4.69, 9.17) is 18.9 Å². The highest BCUT2D eigenvalue weighted by Gasteiger charge is 2.52. The summed E-state index contributed by atoms with van der Waals surface area (Å²) >= 11 is 2.07. The number of hydrogen-bond donors (Lipinski definition) is 0. The van der Waals surface area contributed by atoms with E-state index in [1.54, 1.807) is 91.0 Å². The number of fused-ring (bicyclic) bond motifs is 1. The highest BCUT2D eigenvalue weighted by atomic mass is 127. The van der Waals surface area contributed by atoms with Crippen molar-refractivity contribution < 1.29 is 33.3 Å². The van der Waals surface area contributed by atoms with Gasteiger partial charge >= 0.3 is 17.9 Å². The second-order valence-corrected chi connectivity index (χ2v) is 10.9. The molecule has 4 atom stereocenters. The molecule has 3 heterocycles. The van der Waals surface area contributed by atoms with Gasteiger partial charge < -0.3 is 18.9 Å². The molecule has 222 valence electrons. The van der Waals surface area contributed by atoms with Gasteiger partial charge in [-0.15, -0.1) is 0 Å². The Hall–Kier alpha value is -4.69. The molecule has 11 nitrogen and oxygen atoms in total. The van der Waals surface area contributed by atoms with E-state index in [9.17, 15) is 14.4 Å². The zero-order chi connectivity index (χ0) is 30.6. The average molecular weight is 704 g/mol. The number of esters is 3. The second kappa shape index (κ2) is 12.9. The largest absolute Gasteiger partial charge is 0.459 e. The Bertz CT molecular complexity index is 1800. The molecule has 0 saturated carbocycles. The number of carbonyl (C=O) groups is 3. The number of hydrogen-bond acceptors (Lipinski definition) is 10. The monoisotopic (exact) mass is 704 g/mol. The summed E-state index contributed by atoms with van der Waals surface area (Å²) in [5.74, 6) is -1.92. The zero-order valence-corrected chi connectivity index (χ0v) is 25.4. The third kappa shape index (κ3) is 6.03. The standard InChI is InChI=1S/C32H25IN4O7/c1-19-24-27(33)36-37(28(24)35-18-34-19)29-26(44-32(40)22-15-9-4-10-16-22)25(43-31(39)21-13-7-3-8-14-21)23(42-29)17-41-30(38)20-11-5-2-6-12-20/h2-16,18,23,25-26,29H,17H2,1H3/t23-,25-,26-,29-/m1/s1. The Morgan fingerprint density at radius 2 is 1.30 bits per heavy atom. The number of ether oxygens (including phenoxy) is 4. The number of carbonyl (C=O) groups excluding carboxylic acids is 3. The van der Waals surface area contributed by atoms with E-state index < -0.39 is 42.4 Å². The Morgan fingerprint density at radius 3 is 1.86 bits per heavy atom. The fraction of sp³-hybridized carbons (Fsp3) is 0.188. The van der Waals surface area contributed by atoms with E-state index in [2.05, 4.69) is 37.7 Å². The van der Waals surface area contributed by atoms with Gasteiger partial charge in [-0.3, -0.25) is 0 Å². The van der Waals surface area contributed by atoms with Gasteiger partial charge in [0, 0.05) is 0 Å². The molecule has 0 aliphatic carbocycles. The fourth-order valence-electron chi connectivity index (χ4n) is 4.90. The molecule has 3 aromatic carbocycles. The number of benzene rings is 3. The van der Waals surface area contributed by atoms with Crippen molar-refractivity contribution in [2.45, 2.75) is 31.5 Å².